The number of carboxylic acids is 1. The molecule has 9 heteroatoms. The standard InChI is InChI=1S/C7H8O3S.C2HCl3O2/c1-6-2-4-7(5-3-6)11(8,9)10;3-2(4,5)1(6)7/h2-5H,1H3,(H,8,9,10);(H,6,7). The van der Waals surface area contributed by atoms with Crippen LogP contribution >= 0.6 is 34.8 Å². The Morgan fingerprint density at radius 3 is 1.72 bits per heavy atom. The van der Waals surface area contributed by atoms with Gasteiger partial charge in [-0.25, -0.2) is 4.79 Å². The number of carboxylic acid groups (broad SMARTS) is 1. The summed E-state index contributed by atoms with van der Waals surface area (Å²) in [5.41, 5.74) is 0.956. The summed E-state index contributed by atoms with van der Waals surface area (Å²) in [5.74, 6) is -1.46. The molecule has 0 bridgehead atoms. The van der Waals surface area contributed by atoms with E-state index in [0.717, 1.165) is 5.56 Å². The highest BCUT2D eigenvalue weighted by Gasteiger charge is 2.29. The molecule has 0 aliphatic rings. The largest absolute Gasteiger partial charge is 0.478 e. The maximum Gasteiger partial charge on any atom is 0.356 e. The molecule has 1 aromatic rings. The van der Waals surface area contributed by atoms with Crippen LogP contribution in [0.1, 0.15) is 5.56 Å². The number of benzene rings is 1. The fourth-order valence-electron chi connectivity index (χ4n) is 0.710. The van der Waals surface area contributed by atoms with Crippen molar-refractivity contribution in [1.29, 1.82) is 0 Å². The minimum absolute atomic E-state index is 0.0666. The average Bonchev–Trinajstić information content (AvgIpc) is 2.16. The van der Waals surface area contributed by atoms with E-state index in [4.69, 9.17) is 44.5 Å². The van der Waals surface area contributed by atoms with Gasteiger partial charge < -0.3 is 5.11 Å². The first-order valence-electron chi connectivity index (χ1n) is 4.29. The molecule has 0 atom stereocenters. The van der Waals surface area contributed by atoms with Gasteiger partial charge in [0.05, 0.1) is 4.90 Å². The van der Waals surface area contributed by atoms with Gasteiger partial charge >= 0.3 is 5.97 Å². The minimum Gasteiger partial charge on any atom is -0.478 e. The highest BCUT2D eigenvalue weighted by molar-refractivity contribution is 7.85. The van der Waals surface area contributed by atoms with Gasteiger partial charge in [0, 0.05) is 0 Å². The molecular formula is C9H9Cl3O5S. The summed E-state index contributed by atoms with van der Waals surface area (Å²) in [7, 11) is -4.02. The number of halogens is 3. The van der Waals surface area contributed by atoms with Gasteiger partial charge in [-0.1, -0.05) is 52.5 Å². The Morgan fingerprint density at radius 2 is 1.50 bits per heavy atom. The molecule has 1 aromatic carbocycles. The number of carbonyl (C=O) groups is 1. The molecule has 0 heterocycles. The predicted molar refractivity (Wildman–Crippen MR) is 68.9 cm³/mol. The third-order valence-electron chi connectivity index (χ3n) is 1.56. The lowest BCUT2D eigenvalue weighted by Gasteiger charge is -1.99. The van der Waals surface area contributed by atoms with E-state index in [-0.39, 0.29) is 4.90 Å². The third-order valence-corrected chi connectivity index (χ3v) is 2.91. The molecule has 0 amide bonds. The van der Waals surface area contributed by atoms with E-state index in [1.54, 1.807) is 12.1 Å². The monoisotopic (exact) mass is 334 g/mol. The maximum atomic E-state index is 10.5. The maximum absolute atomic E-state index is 10.5. The fourth-order valence-corrected chi connectivity index (χ4v) is 1.19. The van der Waals surface area contributed by atoms with E-state index in [0.29, 0.717) is 0 Å². The minimum atomic E-state index is -4.02. The first-order chi connectivity index (χ1) is 7.94. The van der Waals surface area contributed by atoms with Crippen molar-refractivity contribution >= 4 is 50.9 Å². The lowest BCUT2D eigenvalue weighted by Crippen LogP contribution is -2.16. The van der Waals surface area contributed by atoms with Crippen LogP contribution in [0.4, 0.5) is 0 Å². The molecule has 5 nitrogen and oxygen atoms in total. The smallest absolute Gasteiger partial charge is 0.356 e. The van der Waals surface area contributed by atoms with Crippen LogP contribution in [0.25, 0.3) is 0 Å². The van der Waals surface area contributed by atoms with Gasteiger partial charge in [0.25, 0.3) is 13.9 Å². The molecule has 0 saturated heterocycles. The van der Waals surface area contributed by atoms with Gasteiger partial charge in [-0.05, 0) is 19.1 Å². The van der Waals surface area contributed by atoms with Crippen molar-refractivity contribution < 1.29 is 22.9 Å². The van der Waals surface area contributed by atoms with Crippen LogP contribution in [0.5, 0.6) is 0 Å². The van der Waals surface area contributed by atoms with Gasteiger partial charge in [-0.2, -0.15) is 8.42 Å². The van der Waals surface area contributed by atoms with Crippen molar-refractivity contribution in [3.8, 4) is 0 Å². The number of alkyl halides is 3. The van der Waals surface area contributed by atoms with E-state index in [2.05, 4.69) is 0 Å². The second kappa shape index (κ2) is 6.58. The molecule has 2 N–H and O–H groups in total. The lowest BCUT2D eigenvalue weighted by molar-refractivity contribution is -0.135. The second-order valence-corrected chi connectivity index (χ2v) is 6.79. The Morgan fingerprint density at radius 1 is 1.17 bits per heavy atom. The van der Waals surface area contributed by atoms with Crippen molar-refractivity contribution in [2.45, 2.75) is 15.6 Å². The van der Waals surface area contributed by atoms with Crippen molar-refractivity contribution in [3.05, 3.63) is 29.8 Å². The fraction of sp³-hybridized carbons (Fsp3) is 0.222. The molecule has 0 fully saturated rings. The first-order valence-corrected chi connectivity index (χ1v) is 6.86. The number of aryl methyl sites for hydroxylation is 1. The highest BCUT2D eigenvalue weighted by atomic mass is 35.6. The van der Waals surface area contributed by atoms with E-state index >= 15 is 0 Å². The molecule has 102 valence electrons. The van der Waals surface area contributed by atoms with Crippen molar-refractivity contribution in [2.24, 2.45) is 0 Å². The number of hydrogen-bond donors (Lipinski definition) is 2. The van der Waals surface area contributed by atoms with E-state index < -0.39 is 19.9 Å². The summed E-state index contributed by atoms with van der Waals surface area (Å²) < 4.78 is 27.4. The van der Waals surface area contributed by atoms with Crippen LogP contribution in [0.2, 0.25) is 0 Å². The van der Waals surface area contributed by atoms with Crippen molar-refractivity contribution in [1.82, 2.24) is 0 Å². The van der Waals surface area contributed by atoms with Crippen LogP contribution in [0.3, 0.4) is 0 Å². The summed E-state index contributed by atoms with van der Waals surface area (Å²) in [6, 6.07) is 5.99. The average molecular weight is 336 g/mol. The van der Waals surface area contributed by atoms with Crippen LogP contribution in [0, 0.1) is 6.92 Å². The van der Waals surface area contributed by atoms with Crippen LogP contribution in [0.15, 0.2) is 29.2 Å². The topological polar surface area (TPSA) is 91.7 Å². The van der Waals surface area contributed by atoms with Crippen molar-refractivity contribution in [3.63, 3.8) is 0 Å². The molecule has 0 saturated carbocycles. The van der Waals surface area contributed by atoms with Crippen LogP contribution in [-0.2, 0) is 14.9 Å². The number of aliphatic carboxylic acids is 1. The molecule has 0 unspecified atom stereocenters. The summed E-state index contributed by atoms with van der Waals surface area (Å²) in [6.07, 6.45) is 0. The Labute approximate surface area is 119 Å². The lowest BCUT2D eigenvalue weighted by atomic mass is 10.2. The summed E-state index contributed by atoms with van der Waals surface area (Å²) in [6.45, 7) is 1.84. The predicted octanol–water partition coefficient (Wildman–Crippen LogP) is 2.68. The summed E-state index contributed by atoms with van der Waals surface area (Å²) in [5, 5.41) is 7.85. The van der Waals surface area contributed by atoms with Gasteiger partial charge in [-0.15, -0.1) is 0 Å². The molecule has 0 radical (unpaired) electrons. The molecule has 0 spiro atoms. The number of rotatable bonds is 1. The van der Waals surface area contributed by atoms with Gasteiger partial charge in [0.1, 0.15) is 0 Å². The Hall–Kier alpha value is -0.530. The Kier molecular flexibility index (Phi) is 6.39. The molecular weight excluding hydrogens is 327 g/mol. The molecule has 0 aliphatic heterocycles. The zero-order valence-corrected chi connectivity index (χ0v) is 12.1. The summed E-state index contributed by atoms with van der Waals surface area (Å²) >= 11 is 14.4. The van der Waals surface area contributed by atoms with E-state index in [1.807, 2.05) is 6.92 Å². The highest BCUT2D eigenvalue weighted by Crippen LogP contribution is 2.25. The molecule has 0 aliphatic carbocycles. The second-order valence-electron chi connectivity index (χ2n) is 3.09. The summed E-state index contributed by atoms with van der Waals surface area (Å²) in [4.78, 5) is 9.56. The van der Waals surface area contributed by atoms with Crippen molar-refractivity contribution in [2.75, 3.05) is 0 Å². The molecule has 18 heavy (non-hydrogen) atoms. The molecule has 0 aromatic heterocycles. The first kappa shape index (κ1) is 17.5. The Bertz CT molecular complexity index is 504. The van der Waals surface area contributed by atoms with Crippen LogP contribution in [-0.4, -0.2) is 27.8 Å². The SMILES string of the molecule is Cc1ccc(S(=O)(=O)O)cc1.O=C(O)C(Cl)(Cl)Cl. The van der Waals surface area contributed by atoms with Crippen LogP contribution < -0.4 is 0 Å². The zero-order chi connectivity index (χ0) is 14.6. The van der Waals surface area contributed by atoms with E-state index in [1.165, 1.54) is 12.1 Å². The van der Waals surface area contributed by atoms with Gasteiger partial charge in [-0.3, -0.25) is 4.55 Å². The quantitative estimate of drug-likeness (QED) is 0.608. The number of hydrogen-bond acceptors (Lipinski definition) is 3. The van der Waals surface area contributed by atoms with Gasteiger partial charge in [0.15, 0.2) is 0 Å². The normalized spacial score (nSPS) is 11.4. The van der Waals surface area contributed by atoms with E-state index in [9.17, 15) is 13.2 Å². The Balaban J connectivity index is 0.000000360. The van der Waals surface area contributed by atoms with Gasteiger partial charge in [0.2, 0.25) is 0 Å². The third kappa shape index (κ3) is 7.03. The zero-order valence-electron chi connectivity index (χ0n) is 8.97. The molecule has 1 rings (SSSR count).